The summed E-state index contributed by atoms with van der Waals surface area (Å²) in [6.07, 6.45) is 7.14. The Morgan fingerprint density at radius 3 is 2.73 bits per heavy atom. The van der Waals surface area contributed by atoms with Gasteiger partial charge in [-0.15, -0.1) is 35.3 Å². The second kappa shape index (κ2) is 14.0. The molecule has 2 N–H and O–H groups in total. The minimum atomic E-state index is 0. The molecule has 150 valence electrons. The first-order chi connectivity index (χ1) is 12.2. The molecule has 1 aromatic rings. The van der Waals surface area contributed by atoms with E-state index < -0.39 is 0 Å². The van der Waals surface area contributed by atoms with Gasteiger partial charge in [-0.2, -0.15) is 11.8 Å². The summed E-state index contributed by atoms with van der Waals surface area (Å²) in [5.74, 6) is 2.93. The van der Waals surface area contributed by atoms with E-state index >= 15 is 0 Å². The van der Waals surface area contributed by atoms with E-state index in [1.807, 2.05) is 18.8 Å². The van der Waals surface area contributed by atoms with Crippen molar-refractivity contribution >= 4 is 53.0 Å². The lowest BCUT2D eigenvalue weighted by Gasteiger charge is -2.31. The molecule has 1 aromatic heterocycles. The van der Waals surface area contributed by atoms with Gasteiger partial charge in [-0.05, 0) is 63.6 Å². The lowest BCUT2D eigenvalue weighted by Crippen LogP contribution is -2.43. The Bertz CT molecular complexity index is 515. The Hall–Kier alpha value is -0.0600. The zero-order valence-electron chi connectivity index (χ0n) is 16.3. The van der Waals surface area contributed by atoms with E-state index in [1.165, 1.54) is 55.2 Å². The first-order valence-electron chi connectivity index (χ1n) is 9.28. The number of hydrogen-bond acceptors (Lipinski definition) is 5. The summed E-state index contributed by atoms with van der Waals surface area (Å²) in [6.45, 7) is 7.45. The van der Waals surface area contributed by atoms with E-state index in [1.54, 1.807) is 11.3 Å². The van der Waals surface area contributed by atoms with Gasteiger partial charge in [-0.1, -0.05) is 0 Å². The van der Waals surface area contributed by atoms with Crippen LogP contribution in [-0.4, -0.2) is 61.1 Å². The standard InChI is InChI=1S/C18H33N5S2.HI/c1-15-22-17(14-25-15)13-23-9-6-16(7-10-23)12-21-18(19-2)20-8-4-5-11-24-3;/h14,16H,4-13H2,1-3H3,(H2,19,20,21);1H. The molecule has 2 rings (SSSR count). The predicted molar refractivity (Wildman–Crippen MR) is 127 cm³/mol. The monoisotopic (exact) mass is 511 g/mol. The molecule has 8 heteroatoms. The number of rotatable bonds is 9. The van der Waals surface area contributed by atoms with Crippen LogP contribution in [0.5, 0.6) is 0 Å². The van der Waals surface area contributed by atoms with Gasteiger partial charge in [0, 0.05) is 32.1 Å². The maximum atomic E-state index is 4.58. The van der Waals surface area contributed by atoms with Crippen molar-refractivity contribution in [2.45, 2.75) is 39.2 Å². The first kappa shape index (κ1) is 24.0. The molecule has 0 atom stereocenters. The van der Waals surface area contributed by atoms with Gasteiger partial charge in [0.05, 0.1) is 10.7 Å². The second-order valence-electron chi connectivity index (χ2n) is 6.66. The van der Waals surface area contributed by atoms with Crippen molar-refractivity contribution in [3.63, 3.8) is 0 Å². The predicted octanol–water partition coefficient (Wildman–Crippen LogP) is 3.59. The highest BCUT2D eigenvalue weighted by Crippen LogP contribution is 2.19. The van der Waals surface area contributed by atoms with Crippen LogP contribution in [0.15, 0.2) is 10.4 Å². The first-order valence-corrected chi connectivity index (χ1v) is 11.6. The Morgan fingerprint density at radius 2 is 2.12 bits per heavy atom. The molecule has 1 fully saturated rings. The molecular formula is C18H34IN5S2. The molecule has 2 heterocycles. The Kier molecular flexibility index (Phi) is 12.9. The van der Waals surface area contributed by atoms with E-state index in [-0.39, 0.29) is 24.0 Å². The molecule has 1 aliphatic heterocycles. The van der Waals surface area contributed by atoms with Crippen molar-refractivity contribution in [2.24, 2.45) is 10.9 Å². The van der Waals surface area contributed by atoms with Gasteiger partial charge in [-0.3, -0.25) is 9.89 Å². The number of aliphatic imine (C=N–C) groups is 1. The third-order valence-electron chi connectivity index (χ3n) is 4.61. The van der Waals surface area contributed by atoms with Crippen LogP contribution >= 0.6 is 47.1 Å². The minimum Gasteiger partial charge on any atom is -0.356 e. The quantitative estimate of drug-likeness (QED) is 0.230. The number of aromatic nitrogens is 1. The number of aryl methyl sites for hydroxylation is 1. The van der Waals surface area contributed by atoms with Crippen LogP contribution in [0.3, 0.4) is 0 Å². The highest BCUT2D eigenvalue weighted by molar-refractivity contribution is 14.0. The van der Waals surface area contributed by atoms with Gasteiger partial charge < -0.3 is 10.6 Å². The fourth-order valence-corrected chi connectivity index (χ4v) is 4.20. The van der Waals surface area contributed by atoms with Gasteiger partial charge in [-0.25, -0.2) is 4.98 Å². The van der Waals surface area contributed by atoms with E-state index in [9.17, 15) is 0 Å². The smallest absolute Gasteiger partial charge is 0.190 e. The zero-order chi connectivity index (χ0) is 17.9. The average molecular weight is 512 g/mol. The topological polar surface area (TPSA) is 52.6 Å². The summed E-state index contributed by atoms with van der Waals surface area (Å²) in [5.41, 5.74) is 1.23. The van der Waals surface area contributed by atoms with E-state index in [2.05, 4.69) is 44.1 Å². The fraction of sp³-hybridized carbons (Fsp3) is 0.778. The number of thiazole rings is 1. The van der Waals surface area contributed by atoms with Crippen LogP contribution < -0.4 is 10.6 Å². The molecule has 0 aliphatic carbocycles. The van der Waals surface area contributed by atoms with Crippen molar-refractivity contribution in [1.29, 1.82) is 0 Å². The van der Waals surface area contributed by atoms with Gasteiger partial charge >= 0.3 is 0 Å². The van der Waals surface area contributed by atoms with Gasteiger partial charge in [0.15, 0.2) is 5.96 Å². The molecule has 0 saturated carbocycles. The van der Waals surface area contributed by atoms with Crippen LogP contribution in [0, 0.1) is 12.8 Å². The highest BCUT2D eigenvalue weighted by Gasteiger charge is 2.20. The third-order valence-corrected chi connectivity index (χ3v) is 6.13. The summed E-state index contributed by atoms with van der Waals surface area (Å²) in [6, 6.07) is 0. The summed E-state index contributed by atoms with van der Waals surface area (Å²) in [5, 5.41) is 10.3. The van der Waals surface area contributed by atoms with Crippen molar-refractivity contribution < 1.29 is 0 Å². The maximum Gasteiger partial charge on any atom is 0.190 e. The molecule has 0 radical (unpaired) electrons. The summed E-state index contributed by atoms with van der Waals surface area (Å²) < 4.78 is 0. The largest absolute Gasteiger partial charge is 0.356 e. The number of thioether (sulfide) groups is 1. The molecule has 0 amide bonds. The van der Waals surface area contributed by atoms with Crippen LogP contribution in [0.25, 0.3) is 0 Å². The highest BCUT2D eigenvalue weighted by atomic mass is 127. The lowest BCUT2D eigenvalue weighted by atomic mass is 9.97. The molecular weight excluding hydrogens is 477 g/mol. The molecule has 0 bridgehead atoms. The number of piperidine rings is 1. The molecule has 5 nitrogen and oxygen atoms in total. The molecule has 1 saturated heterocycles. The molecule has 0 spiro atoms. The molecule has 26 heavy (non-hydrogen) atoms. The van der Waals surface area contributed by atoms with Crippen molar-refractivity contribution in [2.75, 3.05) is 45.2 Å². The molecule has 0 unspecified atom stereocenters. The maximum absolute atomic E-state index is 4.58. The Labute approximate surface area is 184 Å². The van der Waals surface area contributed by atoms with Gasteiger partial charge in [0.2, 0.25) is 0 Å². The van der Waals surface area contributed by atoms with E-state index in [4.69, 9.17) is 0 Å². The number of unbranched alkanes of at least 4 members (excludes halogenated alkanes) is 1. The summed E-state index contributed by atoms with van der Waals surface area (Å²) in [4.78, 5) is 11.4. The van der Waals surface area contributed by atoms with Crippen molar-refractivity contribution in [3.05, 3.63) is 16.1 Å². The minimum absolute atomic E-state index is 0. The second-order valence-corrected chi connectivity index (χ2v) is 8.71. The van der Waals surface area contributed by atoms with Gasteiger partial charge in [0.1, 0.15) is 0 Å². The van der Waals surface area contributed by atoms with Crippen LogP contribution in [-0.2, 0) is 6.54 Å². The Balaban J connectivity index is 0.00000338. The average Bonchev–Trinajstić information content (AvgIpc) is 3.03. The normalized spacial score (nSPS) is 16.3. The number of hydrogen-bond donors (Lipinski definition) is 2. The zero-order valence-corrected chi connectivity index (χ0v) is 20.3. The van der Waals surface area contributed by atoms with E-state index in [0.717, 1.165) is 31.5 Å². The number of halogens is 1. The third kappa shape index (κ3) is 9.23. The fourth-order valence-electron chi connectivity index (χ4n) is 3.10. The van der Waals surface area contributed by atoms with Crippen LogP contribution in [0.4, 0.5) is 0 Å². The number of nitrogens with zero attached hydrogens (tertiary/aromatic N) is 3. The number of nitrogens with one attached hydrogen (secondary N) is 2. The van der Waals surface area contributed by atoms with Crippen LogP contribution in [0.1, 0.15) is 36.4 Å². The van der Waals surface area contributed by atoms with Crippen molar-refractivity contribution in [3.8, 4) is 0 Å². The Morgan fingerprint density at radius 1 is 1.35 bits per heavy atom. The number of likely N-dealkylation sites (tertiary alicyclic amines) is 1. The van der Waals surface area contributed by atoms with Crippen LogP contribution in [0.2, 0.25) is 0 Å². The molecule has 1 aliphatic rings. The van der Waals surface area contributed by atoms with Crippen molar-refractivity contribution in [1.82, 2.24) is 20.5 Å². The number of guanidine groups is 1. The summed E-state index contributed by atoms with van der Waals surface area (Å²) in [7, 11) is 1.86. The van der Waals surface area contributed by atoms with E-state index in [0.29, 0.717) is 0 Å². The summed E-state index contributed by atoms with van der Waals surface area (Å²) >= 11 is 3.66. The SMILES string of the molecule is CN=C(NCCCCSC)NCC1CCN(Cc2csc(C)n2)CC1.I. The lowest BCUT2D eigenvalue weighted by molar-refractivity contribution is 0.176. The molecule has 0 aromatic carbocycles. The van der Waals surface area contributed by atoms with Gasteiger partial charge in [0.25, 0.3) is 0 Å².